The number of sulfonamides is 1. The van der Waals surface area contributed by atoms with E-state index in [2.05, 4.69) is 4.84 Å². The van der Waals surface area contributed by atoms with E-state index in [0.717, 1.165) is 16.5 Å². The van der Waals surface area contributed by atoms with Crippen molar-refractivity contribution < 1.29 is 13.3 Å². The highest BCUT2D eigenvalue weighted by atomic mass is 32.2. The standard InChI is InChI=1S/C10H15NO3S/c1-4-9-5-7-10(8-6-9)15(12,13)11(2)14-3/h5-8H,4H2,1-3H3. The van der Waals surface area contributed by atoms with Gasteiger partial charge in [0.25, 0.3) is 10.0 Å². The molecule has 1 aromatic rings. The first-order valence-electron chi connectivity index (χ1n) is 4.64. The second kappa shape index (κ2) is 4.74. The fourth-order valence-corrected chi connectivity index (χ4v) is 2.12. The molecule has 0 aromatic heterocycles. The van der Waals surface area contributed by atoms with Gasteiger partial charge in [0.2, 0.25) is 0 Å². The highest BCUT2D eigenvalue weighted by Gasteiger charge is 2.19. The predicted octanol–water partition coefficient (Wildman–Crippen LogP) is 1.43. The summed E-state index contributed by atoms with van der Waals surface area (Å²) in [4.78, 5) is 4.91. The van der Waals surface area contributed by atoms with Crippen molar-refractivity contribution in [2.45, 2.75) is 18.2 Å². The number of hydrogen-bond donors (Lipinski definition) is 0. The molecule has 0 aliphatic rings. The van der Waals surface area contributed by atoms with Gasteiger partial charge in [-0.25, -0.2) is 8.42 Å². The van der Waals surface area contributed by atoms with Gasteiger partial charge in [-0.05, 0) is 24.1 Å². The molecule has 0 heterocycles. The average Bonchev–Trinajstić information content (AvgIpc) is 2.28. The Balaban J connectivity index is 3.06. The Labute approximate surface area is 90.5 Å². The number of rotatable bonds is 4. The van der Waals surface area contributed by atoms with Gasteiger partial charge in [-0.2, -0.15) is 0 Å². The highest BCUT2D eigenvalue weighted by molar-refractivity contribution is 7.89. The Morgan fingerprint density at radius 3 is 2.20 bits per heavy atom. The molecule has 4 nitrogen and oxygen atoms in total. The van der Waals surface area contributed by atoms with Gasteiger partial charge >= 0.3 is 0 Å². The van der Waals surface area contributed by atoms with Crippen molar-refractivity contribution in [2.24, 2.45) is 0 Å². The number of hydroxylamine groups is 1. The van der Waals surface area contributed by atoms with Crippen LogP contribution >= 0.6 is 0 Å². The van der Waals surface area contributed by atoms with E-state index >= 15 is 0 Å². The topological polar surface area (TPSA) is 46.6 Å². The Morgan fingerprint density at radius 2 is 1.80 bits per heavy atom. The number of hydrogen-bond acceptors (Lipinski definition) is 3. The maximum Gasteiger partial charge on any atom is 0.264 e. The zero-order valence-electron chi connectivity index (χ0n) is 9.10. The number of benzene rings is 1. The second-order valence-corrected chi connectivity index (χ2v) is 5.03. The van der Waals surface area contributed by atoms with Crippen molar-refractivity contribution in [1.82, 2.24) is 4.47 Å². The van der Waals surface area contributed by atoms with Gasteiger partial charge in [0.1, 0.15) is 0 Å². The molecular weight excluding hydrogens is 214 g/mol. The SMILES string of the molecule is CCc1ccc(S(=O)(=O)N(C)OC)cc1. The van der Waals surface area contributed by atoms with E-state index in [1.807, 2.05) is 6.92 Å². The molecule has 1 aromatic carbocycles. The Bertz CT molecular complexity index is 411. The number of aryl methyl sites for hydroxylation is 1. The van der Waals surface area contributed by atoms with Crippen LogP contribution in [0.25, 0.3) is 0 Å². The van der Waals surface area contributed by atoms with Crippen molar-refractivity contribution in [1.29, 1.82) is 0 Å². The van der Waals surface area contributed by atoms with Crippen molar-refractivity contribution in [2.75, 3.05) is 14.2 Å². The van der Waals surface area contributed by atoms with Gasteiger partial charge in [0, 0.05) is 7.05 Å². The third-order valence-corrected chi connectivity index (χ3v) is 3.92. The zero-order valence-corrected chi connectivity index (χ0v) is 9.91. The van der Waals surface area contributed by atoms with Gasteiger partial charge in [-0.15, -0.1) is 0 Å². The molecule has 0 saturated heterocycles. The van der Waals surface area contributed by atoms with Crippen LogP contribution in [0.5, 0.6) is 0 Å². The van der Waals surface area contributed by atoms with Gasteiger partial charge in [-0.3, -0.25) is 4.84 Å². The van der Waals surface area contributed by atoms with Crippen LogP contribution in [0.1, 0.15) is 12.5 Å². The van der Waals surface area contributed by atoms with Crippen LogP contribution in [0, 0.1) is 0 Å². The summed E-state index contributed by atoms with van der Waals surface area (Å²) in [6.07, 6.45) is 0.889. The summed E-state index contributed by atoms with van der Waals surface area (Å²) in [6, 6.07) is 6.78. The maximum atomic E-state index is 11.8. The van der Waals surface area contributed by atoms with Gasteiger partial charge < -0.3 is 0 Å². The molecule has 5 heteroatoms. The van der Waals surface area contributed by atoms with E-state index in [9.17, 15) is 8.42 Å². The van der Waals surface area contributed by atoms with E-state index in [1.165, 1.54) is 14.2 Å². The molecule has 84 valence electrons. The van der Waals surface area contributed by atoms with Gasteiger partial charge in [0.15, 0.2) is 0 Å². The maximum absolute atomic E-state index is 11.8. The molecule has 1 rings (SSSR count). The molecule has 15 heavy (non-hydrogen) atoms. The van der Waals surface area contributed by atoms with Crippen molar-refractivity contribution in [3.05, 3.63) is 29.8 Å². The molecule has 0 aliphatic heterocycles. The Hall–Kier alpha value is -0.910. The largest absolute Gasteiger partial charge is 0.288 e. The summed E-state index contributed by atoms with van der Waals surface area (Å²) in [6.45, 7) is 2.02. The predicted molar refractivity (Wildman–Crippen MR) is 57.8 cm³/mol. The average molecular weight is 229 g/mol. The van der Waals surface area contributed by atoms with Crippen LogP contribution in [0.3, 0.4) is 0 Å². The highest BCUT2D eigenvalue weighted by Crippen LogP contribution is 2.15. The van der Waals surface area contributed by atoms with Crippen LogP contribution in [-0.4, -0.2) is 27.0 Å². The molecule has 0 radical (unpaired) electrons. The van der Waals surface area contributed by atoms with Gasteiger partial charge in [0.05, 0.1) is 12.0 Å². The van der Waals surface area contributed by atoms with Crippen LogP contribution in [0.4, 0.5) is 0 Å². The molecule has 0 saturated carbocycles. The molecule has 0 unspecified atom stereocenters. The minimum absolute atomic E-state index is 0.240. The van der Waals surface area contributed by atoms with Crippen molar-refractivity contribution in [3.8, 4) is 0 Å². The summed E-state index contributed by atoms with van der Waals surface area (Å²) < 4.78 is 24.4. The molecule has 0 N–H and O–H groups in total. The summed E-state index contributed by atoms with van der Waals surface area (Å²) in [5, 5.41) is 0. The smallest absolute Gasteiger partial charge is 0.264 e. The summed E-state index contributed by atoms with van der Waals surface area (Å²) in [5.74, 6) is 0. The van der Waals surface area contributed by atoms with E-state index in [-0.39, 0.29) is 4.90 Å². The second-order valence-electron chi connectivity index (χ2n) is 3.09. The fraction of sp³-hybridized carbons (Fsp3) is 0.400. The molecule has 0 amide bonds. The molecule has 0 fully saturated rings. The first-order valence-corrected chi connectivity index (χ1v) is 6.08. The molecule has 0 atom stereocenters. The van der Waals surface area contributed by atoms with Crippen molar-refractivity contribution >= 4 is 10.0 Å². The van der Waals surface area contributed by atoms with E-state index in [1.54, 1.807) is 24.3 Å². The Morgan fingerprint density at radius 1 is 1.27 bits per heavy atom. The lowest BCUT2D eigenvalue weighted by Gasteiger charge is -2.14. The first-order chi connectivity index (χ1) is 7.02. The fourth-order valence-electron chi connectivity index (χ4n) is 1.14. The third-order valence-electron chi connectivity index (χ3n) is 2.23. The Kier molecular flexibility index (Phi) is 3.84. The molecule has 0 aliphatic carbocycles. The summed E-state index contributed by atoms with van der Waals surface area (Å²) in [5.41, 5.74) is 1.11. The lowest BCUT2D eigenvalue weighted by Crippen LogP contribution is -2.25. The minimum atomic E-state index is -3.50. The van der Waals surface area contributed by atoms with Crippen LogP contribution in [-0.2, 0) is 21.3 Å². The lowest BCUT2D eigenvalue weighted by molar-refractivity contribution is -0.0258. The van der Waals surface area contributed by atoms with E-state index in [0.29, 0.717) is 0 Å². The lowest BCUT2D eigenvalue weighted by atomic mass is 10.2. The first kappa shape index (κ1) is 12.2. The van der Waals surface area contributed by atoms with Crippen LogP contribution in [0.2, 0.25) is 0 Å². The van der Waals surface area contributed by atoms with Crippen LogP contribution < -0.4 is 0 Å². The van der Waals surface area contributed by atoms with Crippen LogP contribution in [0.15, 0.2) is 29.2 Å². The van der Waals surface area contributed by atoms with Crippen molar-refractivity contribution in [3.63, 3.8) is 0 Å². The van der Waals surface area contributed by atoms with E-state index < -0.39 is 10.0 Å². The molecule has 0 spiro atoms. The van der Waals surface area contributed by atoms with E-state index in [4.69, 9.17) is 0 Å². The monoisotopic (exact) mass is 229 g/mol. The minimum Gasteiger partial charge on any atom is -0.288 e. The quantitative estimate of drug-likeness (QED) is 0.734. The third kappa shape index (κ3) is 2.56. The molecule has 0 bridgehead atoms. The number of nitrogens with zero attached hydrogens (tertiary/aromatic N) is 1. The normalized spacial score (nSPS) is 12.0. The summed E-state index contributed by atoms with van der Waals surface area (Å²) in [7, 11) is -0.821. The van der Waals surface area contributed by atoms with Gasteiger partial charge in [-0.1, -0.05) is 23.5 Å². The summed E-state index contributed by atoms with van der Waals surface area (Å²) >= 11 is 0. The molecular formula is C10H15NO3S. The zero-order chi connectivity index (χ0) is 11.5.